The summed E-state index contributed by atoms with van der Waals surface area (Å²) in [4.78, 5) is 17.8. The summed E-state index contributed by atoms with van der Waals surface area (Å²) in [5, 5.41) is 14.0. The van der Waals surface area contributed by atoms with Gasteiger partial charge in [-0.15, -0.1) is 108 Å². The first kappa shape index (κ1) is 67.2. The van der Waals surface area contributed by atoms with Crippen molar-refractivity contribution in [2.24, 2.45) is 0 Å². The molecule has 2 N–H and O–H groups in total. The molecule has 0 bridgehead atoms. The number of aromatic nitrogens is 4. The Labute approximate surface area is 490 Å². The SMILES string of the molecule is CC(C)(C)S(=O)(=O)[O-].CO.CO.Cc1cc(-c2[c-]cccc2)ncc1-c1ccccc1.Cc1cc(-c2[c-]cccc2)ncc1-c1ccccc1.Cc1ccc(-c2[c-]cccc2)nc1.Cc1ccc(-c2ccccc2)nc1.[Ir].[Ir]. The quantitative estimate of drug-likeness (QED) is 0.123. The van der Waals surface area contributed by atoms with Crippen LogP contribution in [0.15, 0.2) is 225 Å². The summed E-state index contributed by atoms with van der Waals surface area (Å²) in [6.07, 6.45) is 7.65. The number of aliphatic hydroxyl groups is 2. The van der Waals surface area contributed by atoms with Gasteiger partial charge in [-0.2, -0.15) is 0 Å². The Morgan fingerprint density at radius 3 is 0.974 bits per heavy atom. The average molecular weight is 1410 g/mol. The minimum Gasteiger partial charge on any atom is -0.748 e. The van der Waals surface area contributed by atoms with Gasteiger partial charge in [0.25, 0.3) is 0 Å². The number of benzene rings is 6. The molecule has 0 saturated heterocycles. The van der Waals surface area contributed by atoms with Gasteiger partial charge in [-0.3, -0.25) is 4.98 Å². The molecule has 2 radical (unpaired) electrons. The van der Waals surface area contributed by atoms with Crippen molar-refractivity contribution in [2.75, 3.05) is 14.2 Å². The molecular weight excluding hydrogens is 1350 g/mol. The van der Waals surface area contributed by atoms with Crippen LogP contribution in [0.3, 0.4) is 0 Å². The van der Waals surface area contributed by atoms with Crippen LogP contribution in [-0.4, -0.2) is 62.1 Å². The summed E-state index contributed by atoms with van der Waals surface area (Å²) in [6, 6.07) is 76.6. The molecule has 0 aliphatic rings. The summed E-state index contributed by atoms with van der Waals surface area (Å²) >= 11 is 0. The molecule has 0 atom stereocenters. The predicted octanol–water partition coefficient (Wildman–Crippen LogP) is 14.5. The smallest absolute Gasteiger partial charge is 0.0996 e. The van der Waals surface area contributed by atoms with E-state index in [0.717, 1.165) is 53.7 Å². The van der Waals surface area contributed by atoms with Crippen molar-refractivity contribution < 1.29 is 63.4 Å². The number of rotatable bonds is 6. The Morgan fingerprint density at radius 1 is 0.397 bits per heavy atom. The molecule has 78 heavy (non-hydrogen) atoms. The number of hydrogen-bond donors (Lipinski definition) is 2. The normalized spacial score (nSPS) is 9.95. The third kappa shape index (κ3) is 22.2. The Bertz CT molecular complexity index is 3100. The number of nitrogens with zero attached hydrogens (tertiary/aromatic N) is 4. The molecule has 0 spiro atoms. The Kier molecular flexibility index (Phi) is 30.5. The number of aryl methyl sites for hydroxylation is 4. The first-order chi connectivity index (χ1) is 36.7. The van der Waals surface area contributed by atoms with Gasteiger partial charge in [-0.05, 0) is 105 Å². The van der Waals surface area contributed by atoms with Gasteiger partial charge in [-0.25, -0.2) is 8.42 Å². The van der Waals surface area contributed by atoms with Gasteiger partial charge in [0, 0.05) is 95.9 Å². The van der Waals surface area contributed by atoms with E-state index in [9.17, 15) is 13.0 Å². The Balaban J connectivity index is 0.000000334. The van der Waals surface area contributed by atoms with Crippen molar-refractivity contribution in [1.82, 2.24) is 19.9 Å². The zero-order valence-corrected chi connectivity index (χ0v) is 51.0. The number of pyridine rings is 4. The molecule has 0 saturated carbocycles. The van der Waals surface area contributed by atoms with Crippen molar-refractivity contribution in [3.63, 3.8) is 0 Å². The minimum absolute atomic E-state index is 0. The van der Waals surface area contributed by atoms with Gasteiger partial charge in [0.1, 0.15) is 0 Å². The van der Waals surface area contributed by atoms with E-state index in [1.54, 1.807) is 0 Å². The minimum atomic E-state index is -4.09. The summed E-state index contributed by atoms with van der Waals surface area (Å²) in [5.74, 6) is 0. The molecule has 408 valence electrons. The summed E-state index contributed by atoms with van der Waals surface area (Å²) < 4.78 is 29.1. The summed E-state index contributed by atoms with van der Waals surface area (Å²) in [5.41, 5.74) is 17.8. The van der Waals surface area contributed by atoms with E-state index in [1.165, 1.54) is 70.8 Å². The monoisotopic (exact) mass is 1410 g/mol. The molecule has 0 unspecified atom stereocenters. The van der Waals surface area contributed by atoms with Gasteiger partial charge in [0.05, 0.1) is 20.6 Å². The van der Waals surface area contributed by atoms with Crippen LogP contribution in [0.2, 0.25) is 0 Å². The molecule has 0 aliphatic carbocycles. The van der Waals surface area contributed by atoms with E-state index in [-0.39, 0.29) is 40.2 Å². The van der Waals surface area contributed by atoms with Crippen molar-refractivity contribution >= 4 is 10.1 Å². The van der Waals surface area contributed by atoms with Crippen LogP contribution >= 0.6 is 0 Å². The zero-order chi connectivity index (χ0) is 55.4. The molecule has 0 amide bonds. The van der Waals surface area contributed by atoms with Gasteiger partial charge >= 0.3 is 0 Å². The standard InChI is InChI=1S/2C18H14N.C12H11N.C12H10N.C4H10O3S.2CH4O.2Ir/c2*1-14-12-18(16-10-6-3-7-11-16)19-13-17(14)15-8-4-2-5-9-15;2*1-10-7-8-12(13-9-10)11-5-3-2-4-6-11;1-4(2,3)8(5,6)7;2*1-2;;/h2*2-10,12-13H,1H3;2-9H,1H3;2-5,7-9H,1H3;1-3H3,(H,5,6,7);2*2H,1H3;;/q2*-1;;-1;;;;;/p-1. The van der Waals surface area contributed by atoms with E-state index >= 15 is 0 Å². The van der Waals surface area contributed by atoms with Gasteiger partial charge in [0.2, 0.25) is 0 Å². The summed E-state index contributed by atoms with van der Waals surface area (Å²) in [6.45, 7) is 12.4. The molecule has 10 aromatic rings. The molecule has 0 fully saturated rings. The van der Waals surface area contributed by atoms with Crippen LogP contribution < -0.4 is 0 Å². The first-order valence-electron chi connectivity index (χ1n) is 24.4. The predicted molar refractivity (Wildman–Crippen MR) is 311 cm³/mol. The third-order valence-electron chi connectivity index (χ3n) is 11.0. The molecule has 0 aliphatic heterocycles. The largest absolute Gasteiger partial charge is 0.748 e. The van der Waals surface area contributed by atoms with E-state index < -0.39 is 14.9 Å². The molecule has 9 nitrogen and oxygen atoms in total. The van der Waals surface area contributed by atoms with Crippen LogP contribution in [0.1, 0.15) is 43.0 Å². The van der Waals surface area contributed by atoms with E-state index in [2.05, 4.69) is 113 Å². The van der Waals surface area contributed by atoms with Crippen LogP contribution in [0.25, 0.3) is 67.3 Å². The van der Waals surface area contributed by atoms with Crippen LogP contribution in [-0.2, 0) is 50.3 Å². The molecule has 10 rings (SSSR count). The number of aliphatic hydroxyl groups excluding tert-OH is 2. The zero-order valence-electron chi connectivity index (χ0n) is 45.3. The van der Waals surface area contributed by atoms with E-state index in [1.807, 2.05) is 178 Å². The number of hydrogen-bond acceptors (Lipinski definition) is 9. The van der Waals surface area contributed by atoms with E-state index in [4.69, 9.17) is 10.2 Å². The van der Waals surface area contributed by atoms with Crippen LogP contribution in [0.4, 0.5) is 0 Å². The van der Waals surface area contributed by atoms with Crippen molar-refractivity contribution in [3.05, 3.63) is 265 Å². The summed E-state index contributed by atoms with van der Waals surface area (Å²) in [7, 11) is -2.09. The molecule has 4 aromatic heterocycles. The fraction of sp³-hybridized carbons (Fsp3) is 0.152. The second kappa shape index (κ2) is 35.5. The van der Waals surface area contributed by atoms with Crippen molar-refractivity contribution in [1.29, 1.82) is 0 Å². The maximum absolute atomic E-state index is 10.1. The topological polar surface area (TPSA) is 149 Å². The molecule has 12 heteroatoms. The fourth-order valence-corrected chi connectivity index (χ4v) is 6.78. The van der Waals surface area contributed by atoms with Crippen molar-refractivity contribution in [2.45, 2.75) is 53.2 Å². The fourth-order valence-electron chi connectivity index (χ4n) is 6.78. The molecule has 4 heterocycles. The second-order valence-electron chi connectivity index (χ2n) is 17.7. The Hall–Kier alpha value is -6.95. The maximum Gasteiger partial charge on any atom is 0.0996 e. The third-order valence-corrected chi connectivity index (χ3v) is 12.5. The van der Waals surface area contributed by atoms with Gasteiger partial charge in [0.15, 0.2) is 0 Å². The maximum atomic E-state index is 10.1. The average Bonchev–Trinajstić information content (AvgIpc) is 3.46. The van der Waals surface area contributed by atoms with Gasteiger partial charge in [-0.1, -0.05) is 121 Å². The molecule has 6 aromatic carbocycles. The molecular formula is C66H66Ir2N4O5S-4. The second-order valence-corrected chi connectivity index (χ2v) is 19.8. The van der Waals surface area contributed by atoms with Gasteiger partial charge < -0.3 is 29.7 Å². The van der Waals surface area contributed by atoms with Crippen LogP contribution in [0.5, 0.6) is 0 Å². The van der Waals surface area contributed by atoms with E-state index in [0.29, 0.717) is 0 Å². The Morgan fingerprint density at radius 2 is 0.692 bits per heavy atom. The van der Waals surface area contributed by atoms with Crippen LogP contribution in [0, 0.1) is 45.9 Å². The first-order valence-corrected chi connectivity index (χ1v) is 25.8. The van der Waals surface area contributed by atoms with Crippen molar-refractivity contribution in [3.8, 4) is 67.3 Å².